The predicted molar refractivity (Wildman–Crippen MR) is 161 cm³/mol. The zero-order chi connectivity index (χ0) is 28.8. The van der Waals surface area contributed by atoms with Crippen molar-refractivity contribution in [2.75, 3.05) is 43.4 Å². The molecule has 0 spiro atoms. The summed E-state index contributed by atoms with van der Waals surface area (Å²) in [6.07, 6.45) is 4.51. The SMILES string of the molecule is CCCc1[nH]c(C)cc(=O)c1CNC(=O)c1cc(-c2ccc(N3CCN(C)CC3)nc2)nc(NC(C)C)c1C=N. The number of aromatic amines is 1. The van der Waals surface area contributed by atoms with E-state index in [-0.39, 0.29) is 23.9 Å². The van der Waals surface area contributed by atoms with Crippen LogP contribution in [0.5, 0.6) is 0 Å². The van der Waals surface area contributed by atoms with Gasteiger partial charge in [-0.05, 0) is 52.4 Å². The van der Waals surface area contributed by atoms with Crippen LogP contribution >= 0.6 is 0 Å². The molecule has 1 saturated heterocycles. The Labute approximate surface area is 235 Å². The van der Waals surface area contributed by atoms with Crippen molar-refractivity contribution in [3.8, 4) is 11.3 Å². The molecule has 1 amide bonds. The monoisotopic (exact) mass is 544 g/mol. The van der Waals surface area contributed by atoms with Crippen LogP contribution in [0.1, 0.15) is 60.1 Å². The van der Waals surface area contributed by atoms with E-state index in [0.29, 0.717) is 34.6 Å². The molecule has 212 valence electrons. The van der Waals surface area contributed by atoms with Crippen LogP contribution in [0.3, 0.4) is 0 Å². The van der Waals surface area contributed by atoms with Crippen molar-refractivity contribution in [3.63, 3.8) is 0 Å². The highest BCUT2D eigenvalue weighted by Crippen LogP contribution is 2.26. The highest BCUT2D eigenvalue weighted by molar-refractivity contribution is 6.05. The summed E-state index contributed by atoms with van der Waals surface area (Å²) in [6.45, 7) is 11.8. The van der Waals surface area contributed by atoms with Crippen LogP contribution in [0.2, 0.25) is 0 Å². The number of aromatic nitrogens is 3. The largest absolute Gasteiger partial charge is 0.367 e. The molecule has 40 heavy (non-hydrogen) atoms. The third kappa shape index (κ3) is 6.74. The number of H-pyrrole nitrogens is 1. The molecule has 3 aromatic heterocycles. The number of carbonyl (C=O) groups excluding carboxylic acids is 1. The van der Waals surface area contributed by atoms with Crippen molar-refractivity contribution < 1.29 is 4.79 Å². The first-order valence-corrected chi connectivity index (χ1v) is 13.9. The summed E-state index contributed by atoms with van der Waals surface area (Å²) in [4.78, 5) is 43.6. The Kier molecular flexibility index (Phi) is 9.31. The van der Waals surface area contributed by atoms with Crippen molar-refractivity contribution in [1.82, 2.24) is 25.2 Å². The maximum Gasteiger partial charge on any atom is 0.252 e. The molecule has 1 fully saturated rings. The van der Waals surface area contributed by atoms with Crippen molar-refractivity contribution in [2.45, 2.75) is 53.1 Å². The minimum absolute atomic E-state index is 0.0396. The highest BCUT2D eigenvalue weighted by atomic mass is 16.1. The van der Waals surface area contributed by atoms with Crippen LogP contribution in [-0.2, 0) is 13.0 Å². The topological polar surface area (TPSA) is 130 Å². The molecule has 10 heteroatoms. The number of likely N-dealkylation sites (N-methyl/N-ethyl adjacent to an activating group) is 1. The van der Waals surface area contributed by atoms with Crippen LogP contribution in [0.15, 0.2) is 35.3 Å². The van der Waals surface area contributed by atoms with Crippen LogP contribution in [-0.4, -0.2) is 71.2 Å². The van der Waals surface area contributed by atoms with Gasteiger partial charge in [-0.3, -0.25) is 9.59 Å². The third-order valence-electron chi connectivity index (χ3n) is 7.03. The summed E-state index contributed by atoms with van der Waals surface area (Å²) in [5, 5.41) is 14.3. The number of aryl methyl sites for hydroxylation is 2. The first kappa shape index (κ1) is 28.9. The summed E-state index contributed by atoms with van der Waals surface area (Å²) < 4.78 is 0. The number of anilines is 2. The van der Waals surface area contributed by atoms with E-state index in [1.807, 2.05) is 39.8 Å². The van der Waals surface area contributed by atoms with Gasteiger partial charge in [0, 0.05) is 85.3 Å². The molecular formula is C30H40N8O2. The second kappa shape index (κ2) is 12.9. The van der Waals surface area contributed by atoms with E-state index < -0.39 is 0 Å². The Morgan fingerprint density at radius 3 is 2.58 bits per heavy atom. The second-order valence-corrected chi connectivity index (χ2v) is 10.7. The summed E-state index contributed by atoms with van der Waals surface area (Å²) in [5.41, 5.74) is 4.14. The number of carbonyl (C=O) groups is 1. The normalized spacial score (nSPS) is 13.9. The van der Waals surface area contributed by atoms with Crippen molar-refractivity contribution in [3.05, 3.63) is 68.8 Å². The molecule has 0 radical (unpaired) electrons. The first-order chi connectivity index (χ1) is 19.2. The average Bonchev–Trinajstić information content (AvgIpc) is 2.92. The fraction of sp³-hybridized carbons (Fsp3) is 0.433. The molecule has 1 aliphatic heterocycles. The minimum Gasteiger partial charge on any atom is -0.367 e. The van der Waals surface area contributed by atoms with Gasteiger partial charge in [-0.2, -0.15) is 0 Å². The highest BCUT2D eigenvalue weighted by Gasteiger charge is 2.20. The first-order valence-electron chi connectivity index (χ1n) is 13.9. The molecule has 3 aromatic rings. The number of nitrogens with zero attached hydrogens (tertiary/aromatic N) is 4. The number of hydrogen-bond acceptors (Lipinski definition) is 8. The van der Waals surface area contributed by atoms with Gasteiger partial charge >= 0.3 is 0 Å². The third-order valence-corrected chi connectivity index (χ3v) is 7.03. The molecular weight excluding hydrogens is 504 g/mol. The second-order valence-electron chi connectivity index (χ2n) is 10.7. The summed E-state index contributed by atoms with van der Waals surface area (Å²) >= 11 is 0. The summed E-state index contributed by atoms with van der Waals surface area (Å²) in [7, 11) is 2.12. The summed E-state index contributed by atoms with van der Waals surface area (Å²) in [6, 6.07) is 7.24. The lowest BCUT2D eigenvalue weighted by Gasteiger charge is -2.33. The number of nitrogens with one attached hydrogen (secondary N) is 4. The van der Waals surface area contributed by atoms with E-state index in [9.17, 15) is 9.59 Å². The van der Waals surface area contributed by atoms with E-state index in [4.69, 9.17) is 15.4 Å². The molecule has 0 saturated carbocycles. The fourth-order valence-electron chi connectivity index (χ4n) is 4.88. The van der Waals surface area contributed by atoms with E-state index in [2.05, 4.69) is 32.5 Å². The van der Waals surface area contributed by atoms with E-state index in [0.717, 1.165) is 61.6 Å². The quantitative estimate of drug-likeness (QED) is 0.287. The lowest BCUT2D eigenvalue weighted by atomic mass is 10.0. The van der Waals surface area contributed by atoms with Gasteiger partial charge in [0.15, 0.2) is 5.43 Å². The number of amides is 1. The molecule has 0 unspecified atom stereocenters. The van der Waals surface area contributed by atoms with Gasteiger partial charge in [0.1, 0.15) is 11.6 Å². The van der Waals surface area contributed by atoms with E-state index in [1.54, 1.807) is 18.3 Å². The molecule has 4 rings (SSSR count). The molecule has 0 aliphatic carbocycles. The number of hydrogen-bond donors (Lipinski definition) is 4. The zero-order valence-electron chi connectivity index (χ0n) is 24.1. The Morgan fingerprint density at radius 2 is 1.95 bits per heavy atom. The van der Waals surface area contributed by atoms with Crippen LogP contribution < -0.4 is 21.0 Å². The lowest BCUT2D eigenvalue weighted by Crippen LogP contribution is -2.44. The van der Waals surface area contributed by atoms with Crippen molar-refractivity contribution in [1.29, 1.82) is 5.41 Å². The predicted octanol–water partition coefficient (Wildman–Crippen LogP) is 3.59. The smallest absolute Gasteiger partial charge is 0.252 e. The maximum absolute atomic E-state index is 13.5. The van der Waals surface area contributed by atoms with E-state index in [1.165, 1.54) is 0 Å². The van der Waals surface area contributed by atoms with Gasteiger partial charge in [-0.15, -0.1) is 0 Å². The molecule has 10 nitrogen and oxygen atoms in total. The Bertz CT molecular complexity index is 1410. The number of pyridine rings is 3. The number of piperazine rings is 1. The maximum atomic E-state index is 13.5. The molecule has 0 bridgehead atoms. The Morgan fingerprint density at radius 1 is 1.20 bits per heavy atom. The van der Waals surface area contributed by atoms with Gasteiger partial charge < -0.3 is 30.8 Å². The van der Waals surface area contributed by atoms with Gasteiger partial charge in [0.05, 0.1) is 11.3 Å². The molecule has 4 heterocycles. The molecule has 1 aliphatic rings. The summed E-state index contributed by atoms with van der Waals surface area (Å²) in [5.74, 6) is 0.992. The van der Waals surface area contributed by atoms with Gasteiger partial charge in [-0.1, -0.05) is 13.3 Å². The van der Waals surface area contributed by atoms with Crippen molar-refractivity contribution in [2.24, 2.45) is 0 Å². The minimum atomic E-state index is -0.376. The molecule has 4 N–H and O–H groups in total. The molecule has 0 aromatic carbocycles. The van der Waals surface area contributed by atoms with Crippen LogP contribution in [0, 0.1) is 12.3 Å². The lowest BCUT2D eigenvalue weighted by molar-refractivity contribution is 0.0950. The van der Waals surface area contributed by atoms with Gasteiger partial charge in [0.2, 0.25) is 0 Å². The van der Waals surface area contributed by atoms with Gasteiger partial charge in [0.25, 0.3) is 5.91 Å². The van der Waals surface area contributed by atoms with E-state index >= 15 is 0 Å². The standard InChI is InChI=1S/C30H40N8O2/c1-6-7-25-24(27(39)14-20(4)35-25)18-33-30(40)22-15-26(36-29(23(22)16-31)34-19(2)3)21-8-9-28(32-17-21)38-12-10-37(5)11-13-38/h8-9,14-17,19,31H,6-7,10-13,18H2,1-5H3,(H,33,40)(H,34,36)(H,35,39). The van der Waals surface area contributed by atoms with Crippen LogP contribution in [0.25, 0.3) is 11.3 Å². The molecule has 0 atom stereocenters. The van der Waals surface area contributed by atoms with Crippen LogP contribution in [0.4, 0.5) is 11.6 Å². The average molecular weight is 545 g/mol. The fourth-order valence-corrected chi connectivity index (χ4v) is 4.88. The Balaban J connectivity index is 1.65. The van der Waals surface area contributed by atoms with Gasteiger partial charge in [-0.25, -0.2) is 9.97 Å². The zero-order valence-corrected chi connectivity index (χ0v) is 24.1. The number of rotatable bonds is 10. The van der Waals surface area contributed by atoms with Crippen molar-refractivity contribution >= 4 is 23.8 Å². The Hall–Kier alpha value is -4.05.